The molecule has 0 heterocycles. The second kappa shape index (κ2) is 5.46. The molecule has 0 aromatic heterocycles. The summed E-state index contributed by atoms with van der Waals surface area (Å²) < 4.78 is 0. The maximum Gasteiger partial charge on any atom is -0.00926 e. The van der Waals surface area contributed by atoms with Gasteiger partial charge in [-0.05, 0) is 62.0 Å². The molecule has 5 aromatic carbocycles. The fourth-order valence-corrected chi connectivity index (χ4v) is 3.99. The molecule has 0 N–H and O–H groups in total. The summed E-state index contributed by atoms with van der Waals surface area (Å²) in [6, 6.07) is 32.9. The van der Waals surface area contributed by atoms with Crippen molar-refractivity contribution in [2.45, 2.75) is 6.92 Å². The van der Waals surface area contributed by atoms with Crippen molar-refractivity contribution in [3.63, 3.8) is 0 Å². The van der Waals surface area contributed by atoms with Gasteiger partial charge in [0.15, 0.2) is 0 Å². The van der Waals surface area contributed by atoms with E-state index in [1.54, 1.807) is 0 Å². The lowest BCUT2D eigenvalue weighted by atomic mass is 9.89. The molecule has 5 rings (SSSR count). The van der Waals surface area contributed by atoms with Gasteiger partial charge in [0, 0.05) is 0 Å². The third kappa shape index (κ3) is 2.15. The van der Waals surface area contributed by atoms with Crippen LogP contribution >= 0.6 is 0 Å². The Morgan fingerprint density at radius 2 is 0.960 bits per heavy atom. The summed E-state index contributed by atoms with van der Waals surface area (Å²) in [5.41, 5.74) is 3.91. The lowest BCUT2D eigenvalue weighted by Crippen LogP contribution is -1.87. The van der Waals surface area contributed by atoms with Crippen molar-refractivity contribution in [2.24, 2.45) is 0 Å². The summed E-state index contributed by atoms with van der Waals surface area (Å²) in [6.07, 6.45) is 0. The zero-order valence-corrected chi connectivity index (χ0v) is 14.2. The Morgan fingerprint density at radius 3 is 1.68 bits per heavy atom. The standard InChI is InChI=1S/C25H18/c1-17-15-24-22-14-8-7-13-21(22)23(18-9-3-2-4-10-18)16-25(24)20-12-6-5-11-19(17)20/h2-16H,1H3. The molecular weight excluding hydrogens is 300 g/mol. The molecule has 0 fully saturated rings. The minimum absolute atomic E-state index is 1.27. The van der Waals surface area contributed by atoms with Gasteiger partial charge < -0.3 is 0 Å². The molecule has 0 saturated heterocycles. The Balaban J connectivity index is 2.04. The molecular formula is C25H18. The van der Waals surface area contributed by atoms with Gasteiger partial charge in [-0.15, -0.1) is 0 Å². The highest BCUT2D eigenvalue weighted by Crippen LogP contribution is 2.38. The summed E-state index contributed by atoms with van der Waals surface area (Å²) in [5.74, 6) is 0. The Morgan fingerprint density at radius 1 is 0.440 bits per heavy atom. The van der Waals surface area contributed by atoms with Gasteiger partial charge >= 0.3 is 0 Å². The molecule has 0 amide bonds. The molecule has 0 unspecified atom stereocenters. The highest BCUT2D eigenvalue weighted by molar-refractivity contribution is 6.21. The number of aryl methyl sites for hydroxylation is 1. The molecule has 0 spiro atoms. The van der Waals surface area contributed by atoms with Gasteiger partial charge in [-0.3, -0.25) is 0 Å². The first-order valence-corrected chi connectivity index (χ1v) is 8.72. The lowest BCUT2D eigenvalue weighted by molar-refractivity contribution is 1.56. The van der Waals surface area contributed by atoms with E-state index in [1.807, 2.05) is 0 Å². The maximum atomic E-state index is 2.37. The molecule has 0 nitrogen and oxygen atoms in total. The van der Waals surface area contributed by atoms with Crippen LogP contribution in [-0.2, 0) is 0 Å². The molecule has 5 aromatic rings. The Labute approximate surface area is 147 Å². The van der Waals surface area contributed by atoms with Crippen molar-refractivity contribution in [1.29, 1.82) is 0 Å². The minimum atomic E-state index is 1.27. The Hall–Kier alpha value is -3.12. The van der Waals surface area contributed by atoms with Gasteiger partial charge in [0.2, 0.25) is 0 Å². The highest BCUT2D eigenvalue weighted by atomic mass is 14.1. The van der Waals surface area contributed by atoms with Crippen molar-refractivity contribution >= 4 is 32.3 Å². The van der Waals surface area contributed by atoms with Gasteiger partial charge in [0.1, 0.15) is 0 Å². The average Bonchev–Trinajstić information content (AvgIpc) is 2.69. The van der Waals surface area contributed by atoms with Crippen molar-refractivity contribution < 1.29 is 0 Å². The molecule has 0 bridgehead atoms. The molecule has 0 aliphatic heterocycles. The highest BCUT2D eigenvalue weighted by Gasteiger charge is 2.11. The largest absolute Gasteiger partial charge is 0.0622 e. The van der Waals surface area contributed by atoms with Crippen LogP contribution in [0.15, 0.2) is 91.0 Å². The minimum Gasteiger partial charge on any atom is -0.0622 e. The molecule has 25 heavy (non-hydrogen) atoms. The zero-order valence-electron chi connectivity index (χ0n) is 14.2. The fraction of sp³-hybridized carbons (Fsp3) is 0.0400. The topological polar surface area (TPSA) is 0 Å². The van der Waals surface area contributed by atoms with Crippen LogP contribution in [0.4, 0.5) is 0 Å². The molecule has 0 heteroatoms. The Kier molecular flexibility index (Phi) is 3.11. The monoisotopic (exact) mass is 318 g/mol. The van der Waals surface area contributed by atoms with E-state index in [4.69, 9.17) is 0 Å². The van der Waals surface area contributed by atoms with Crippen LogP contribution in [0, 0.1) is 6.92 Å². The molecule has 0 radical (unpaired) electrons. The lowest BCUT2D eigenvalue weighted by Gasteiger charge is -2.14. The van der Waals surface area contributed by atoms with Crippen LogP contribution in [0.5, 0.6) is 0 Å². The van der Waals surface area contributed by atoms with Gasteiger partial charge in [-0.1, -0.05) is 84.9 Å². The summed E-state index contributed by atoms with van der Waals surface area (Å²) in [5, 5.41) is 7.98. The van der Waals surface area contributed by atoms with Crippen molar-refractivity contribution in [3.8, 4) is 11.1 Å². The van der Waals surface area contributed by atoms with Crippen molar-refractivity contribution in [3.05, 3.63) is 96.6 Å². The molecule has 0 saturated carbocycles. The maximum absolute atomic E-state index is 2.37. The molecule has 0 atom stereocenters. The zero-order chi connectivity index (χ0) is 16.8. The van der Waals surface area contributed by atoms with Gasteiger partial charge in [-0.2, -0.15) is 0 Å². The van der Waals surface area contributed by atoms with Gasteiger partial charge in [0.05, 0.1) is 0 Å². The van der Waals surface area contributed by atoms with Crippen LogP contribution < -0.4 is 0 Å². The van der Waals surface area contributed by atoms with E-state index in [2.05, 4.69) is 97.9 Å². The summed E-state index contributed by atoms with van der Waals surface area (Å²) >= 11 is 0. The summed E-state index contributed by atoms with van der Waals surface area (Å²) in [4.78, 5) is 0. The van der Waals surface area contributed by atoms with Crippen LogP contribution in [0.25, 0.3) is 43.4 Å². The third-order valence-electron chi connectivity index (χ3n) is 5.17. The van der Waals surface area contributed by atoms with E-state index >= 15 is 0 Å². The van der Waals surface area contributed by atoms with E-state index in [0.717, 1.165) is 0 Å². The quantitative estimate of drug-likeness (QED) is 0.289. The average molecular weight is 318 g/mol. The Bertz CT molecular complexity index is 1230. The van der Waals surface area contributed by atoms with Crippen LogP contribution in [0.2, 0.25) is 0 Å². The summed E-state index contributed by atoms with van der Waals surface area (Å²) in [7, 11) is 0. The van der Waals surface area contributed by atoms with Gasteiger partial charge in [0.25, 0.3) is 0 Å². The van der Waals surface area contributed by atoms with E-state index < -0.39 is 0 Å². The number of hydrogen-bond acceptors (Lipinski definition) is 0. The molecule has 0 aliphatic rings. The van der Waals surface area contributed by atoms with Crippen LogP contribution in [0.3, 0.4) is 0 Å². The first-order valence-electron chi connectivity index (χ1n) is 8.72. The van der Waals surface area contributed by atoms with E-state index in [-0.39, 0.29) is 0 Å². The first kappa shape index (κ1) is 14.2. The molecule has 118 valence electrons. The van der Waals surface area contributed by atoms with Gasteiger partial charge in [-0.25, -0.2) is 0 Å². The predicted octanol–water partition coefficient (Wildman–Crippen LogP) is 7.12. The van der Waals surface area contributed by atoms with Crippen LogP contribution in [-0.4, -0.2) is 0 Å². The number of benzene rings is 5. The fourth-order valence-electron chi connectivity index (χ4n) is 3.99. The SMILES string of the molecule is Cc1cc2c3ccccc3c(-c3ccccc3)cc2c2ccccc12. The predicted molar refractivity (Wildman–Crippen MR) is 109 cm³/mol. The van der Waals surface area contributed by atoms with Crippen LogP contribution in [0.1, 0.15) is 5.56 Å². The second-order valence-electron chi connectivity index (χ2n) is 6.67. The smallest absolute Gasteiger partial charge is 0.00926 e. The molecule has 0 aliphatic carbocycles. The third-order valence-corrected chi connectivity index (χ3v) is 5.17. The second-order valence-corrected chi connectivity index (χ2v) is 6.67. The number of hydrogen-bond donors (Lipinski definition) is 0. The number of rotatable bonds is 1. The first-order chi connectivity index (χ1) is 12.3. The number of fused-ring (bicyclic) bond motifs is 5. The van der Waals surface area contributed by atoms with E-state index in [1.165, 1.54) is 49.0 Å². The normalized spacial score (nSPS) is 11.4. The summed E-state index contributed by atoms with van der Waals surface area (Å²) in [6.45, 7) is 2.21. The van der Waals surface area contributed by atoms with E-state index in [9.17, 15) is 0 Å². The van der Waals surface area contributed by atoms with E-state index in [0.29, 0.717) is 0 Å². The van der Waals surface area contributed by atoms with Crippen molar-refractivity contribution in [2.75, 3.05) is 0 Å². The van der Waals surface area contributed by atoms with Crippen molar-refractivity contribution in [1.82, 2.24) is 0 Å².